The Bertz CT molecular complexity index is 1060. The molecular weight excluding hydrogens is 482 g/mol. The molecule has 0 fully saturated rings. The molecule has 208 valence electrons. The number of ether oxygens (including phenoxy) is 1. The van der Waals surface area contributed by atoms with Crippen LogP contribution in [0.15, 0.2) is 54.6 Å². The Morgan fingerprint density at radius 3 is 2.08 bits per heavy atom. The van der Waals surface area contributed by atoms with E-state index in [1.165, 1.54) is 17.0 Å². The Morgan fingerprint density at radius 1 is 0.947 bits per heavy atom. The van der Waals surface area contributed by atoms with Crippen LogP contribution < -0.4 is 10.6 Å². The van der Waals surface area contributed by atoms with Gasteiger partial charge >= 0.3 is 6.09 Å². The highest BCUT2D eigenvalue weighted by molar-refractivity contribution is 5.92. The number of hydrogen-bond donors (Lipinski definition) is 3. The lowest BCUT2D eigenvalue weighted by Crippen LogP contribution is -2.55. The molecule has 0 bridgehead atoms. The summed E-state index contributed by atoms with van der Waals surface area (Å²) in [5, 5.41) is 15.6. The number of carbonyl (C=O) groups is 3. The average molecular weight is 526 g/mol. The summed E-state index contributed by atoms with van der Waals surface area (Å²) in [5.74, 6) is -0.678. The predicted molar refractivity (Wildman–Crippen MR) is 149 cm³/mol. The summed E-state index contributed by atoms with van der Waals surface area (Å²) < 4.78 is 5.46. The third-order valence-electron chi connectivity index (χ3n) is 5.57. The molecule has 0 aliphatic carbocycles. The van der Waals surface area contributed by atoms with Gasteiger partial charge in [-0.15, -0.1) is 0 Å². The van der Waals surface area contributed by atoms with Gasteiger partial charge in [-0.1, -0.05) is 55.8 Å². The molecular formula is C30H43N3O5. The number of hydrogen-bond acceptors (Lipinski definition) is 5. The van der Waals surface area contributed by atoms with Gasteiger partial charge in [0.05, 0.1) is 0 Å². The minimum absolute atomic E-state index is 0.0590. The normalized spacial score (nSPS) is 13.2. The quantitative estimate of drug-likeness (QED) is 0.399. The molecule has 0 spiro atoms. The summed E-state index contributed by atoms with van der Waals surface area (Å²) in [5.41, 5.74) is 0.139. The SMILES string of the molecule is CCCCN(C(=O)C(Cc1ccccc1)NC(=O)OC(C)(C)C)C(C(=O)NC(C)(C)C)c1ccc(O)cc1. The number of aromatic hydroxyl groups is 1. The lowest BCUT2D eigenvalue weighted by molar-refractivity contribution is -0.143. The first-order valence-electron chi connectivity index (χ1n) is 13.1. The van der Waals surface area contributed by atoms with Crippen LogP contribution in [0.3, 0.4) is 0 Å². The Hall–Kier alpha value is -3.55. The van der Waals surface area contributed by atoms with E-state index in [0.717, 1.165) is 12.0 Å². The number of unbranched alkanes of at least 4 members (excludes halogenated alkanes) is 1. The molecule has 8 nitrogen and oxygen atoms in total. The predicted octanol–water partition coefficient (Wildman–Crippen LogP) is 5.11. The number of nitrogens with one attached hydrogen (secondary N) is 2. The molecule has 0 radical (unpaired) electrons. The van der Waals surface area contributed by atoms with E-state index in [1.54, 1.807) is 32.9 Å². The van der Waals surface area contributed by atoms with E-state index >= 15 is 0 Å². The van der Waals surface area contributed by atoms with E-state index in [2.05, 4.69) is 10.6 Å². The highest BCUT2D eigenvalue weighted by Gasteiger charge is 2.37. The first-order chi connectivity index (χ1) is 17.7. The Labute approximate surface area is 226 Å². The highest BCUT2D eigenvalue weighted by atomic mass is 16.6. The number of amides is 3. The number of phenols is 1. The number of benzene rings is 2. The van der Waals surface area contributed by atoms with Gasteiger partial charge in [0, 0.05) is 18.5 Å². The second-order valence-electron chi connectivity index (χ2n) is 11.5. The zero-order valence-corrected chi connectivity index (χ0v) is 23.7. The zero-order chi connectivity index (χ0) is 28.5. The minimum Gasteiger partial charge on any atom is -0.508 e. The highest BCUT2D eigenvalue weighted by Crippen LogP contribution is 2.26. The van der Waals surface area contributed by atoms with Crippen molar-refractivity contribution in [1.82, 2.24) is 15.5 Å². The fourth-order valence-corrected chi connectivity index (χ4v) is 3.96. The molecule has 2 aromatic carbocycles. The van der Waals surface area contributed by atoms with Crippen molar-refractivity contribution in [1.29, 1.82) is 0 Å². The van der Waals surface area contributed by atoms with E-state index < -0.39 is 35.2 Å². The molecule has 2 rings (SSSR count). The fourth-order valence-electron chi connectivity index (χ4n) is 3.96. The molecule has 8 heteroatoms. The Morgan fingerprint density at radius 2 is 1.55 bits per heavy atom. The van der Waals surface area contributed by atoms with Crippen LogP contribution >= 0.6 is 0 Å². The molecule has 2 unspecified atom stereocenters. The van der Waals surface area contributed by atoms with Gasteiger partial charge in [0.2, 0.25) is 11.8 Å². The van der Waals surface area contributed by atoms with Crippen molar-refractivity contribution in [2.75, 3.05) is 6.54 Å². The minimum atomic E-state index is -0.967. The number of carbonyl (C=O) groups excluding carboxylic acids is 3. The molecule has 2 aromatic rings. The molecule has 0 aliphatic rings. The van der Waals surface area contributed by atoms with Crippen molar-refractivity contribution in [2.45, 2.75) is 91.0 Å². The lowest BCUT2D eigenvalue weighted by Gasteiger charge is -2.36. The Balaban J connectivity index is 2.54. The van der Waals surface area contributed by atoms with Crippen molar-refractivity contribution in [3.8, 4) is 5.75 Å². The number of phenolic OH excluding ortho intramolecular Hbond substituents is 1. The van der Waals surface area contributed by atoms with Crippen molar-refractivity contribution < 1.29 is 24.2 Å². The van der Waals surface area contributed by atoms with Crippen molar-refractivity contribution in [2.24, 2.45) is 0 Å². The summed E-state index contributed by atoms with van der Waals surface area (Å²) in [6.45, 7) is 13.2. The standard InChI is InChI=1S/C30H43N3O5/c1-8-9-19-33(25(26(35)32-29(2,3)4)22-15-17-23(34)18-16-22)27(36)24(20-21-13-11-10-12-14-21)31-28(37)38-30(5,6)7/h10-18,24-25,34H,8-9,19-20H2,1-7H3,(H,31,37)(H,32,35). The van der Waals surface area contributed by atoms with Crippen LogP contribution in [-0.4, -0.2) is 51.6 Å². The molecule has 0 aliphatic heterocycles. The molecule has 3 amide bonds. The maximum absolute atomic E-state index is 14.2. The fraction of sp³-hybridized carbons (Fsp3) is 0.500. The maximum atomic E-state index is 14.2. The van der Waals surface area contributed by atoms with Gasteiger partial charge in [-0.2, -0.15) is 0 Å². The zero-order valence-electron chi connectivity index (χ0n) is 23.7. The molecule has 0 heterocycles. The number of nitrogens with zero attached hydrogens (tertiary/aromatic N) is 1. The van der Waals surface area contributed by atoms with Crippen LogP contribution in [0.25, 0.3) is 0 Å². The second-order valence-corrected chi connectivity index (χ2v) is 11.5. The summed E-state index contributed by atoms with van der Waals surface area (Å²) in [6.07, 6.45) is 0.983. The topological polar surface area (TPSA) is 108 Å². The van der Waals surface area contributed by atoms with Gasteiger partial charge in [0.15, 0.2) is 0 Å². The second kappa shape index (κ2) is 13.3. The summed E-state index contributed by atoms with van der Waals surface area (Å²) >= 11 is 0. The van der Waals surface area contributed by atoms with Gasteiger partial charge < -0.3 is 25.4 Å². The first-order valence-corrected chi connectivity index (χ1v) is 13.1. The van der Waals surface area contributed by atoms with Gasteiger partial charge in [0.25, 0.3) is 0 Å². The molecule has 3 N–H and O–H groups in total. The van der Waals surface area contributed by atoms with Gasteiger partial charge in [-0.05, 0) is 71.2 Å². The number of rotatable bonds is 10. The molecule has 38 heavy (non-hydrogen) atoms. The van der Waals surface area contributed by atoms with Crippen molar-refractivity contribution >= 4 is 17.9 Å². The molecule has 2 atom stereocenters. The largest absolute Gasteiger partial charge is 0.508 e. The first kappa shape index (κ1) is 30.7. The number of alkyl carbamates (subject to hydrolysis) is 1. The smallest absolute Gasteiger partial charge is 0.408 e. The summed E-state index contributed by atoms with van der Waals surface area (Å²) in [7, 11) is 0. The van der Waals surface area contributed by atoms with Crippen LogP contribution in [-0.2, 0) is 20.7 Å². The summed E-state index contributed by atoms with van der Waals surface area (Å²) in [6, 6.07) is 13.7. The molecule has 0 aromatic heterocycles. The average Bonchev–Trinajstić information content (AvgIpc) is 2.80. The van der Waals surface area contributed by atoms with Crippen molar-refractivity contribution in [3.05, 3.63) is 65.7 Å². The van der Waals surface area contributed by atoms with Crippen molar-refractivity contribution in [3.63, 3.8) is 0 Å². The van der Waals surface area contributed by atoms with E-state index in [4.69, 9.17) is 4.74 Å². The monoisotopic (exact) mass is 525 g/mol. The summed E-state index contributed by atoms with van der Waals surface area (Å²) in [4.78, 5) is 42.2. The molecule has 0 saturated heterocycles. The van der Waals surface area contributed by atoms with Crippen LogP contribution in [0, 0.1) is 0 Å². The van der Waals surface area contributed by atoms with E-state index in [9.17, 15) is 19.5 Å². The van der Waals surface area contributed by atoms with Crippen LogP contribution in [0.4, 0.5) is 4.79 Å². The lowest BCUT2D eigenvalue weighted by atomic mass is 9.98. The third kappa shape index (κ3) is 10.1. The van der Waals surface area contributed by atoms with E-state index in [1.807, 2.05) is 58.0 Å². The Kier molecular flexibility index (Phi) is 10.7. The maximum Gasteiger partial charge on any atom is 0.408 e. The van der Waals surface area contributed by atoms with Gasteiger partial charge in [0.1, 0.15) is 23.4 Å². The van der Waals surface area contributed by atoms with Gasteiger partial charge in [-0.3, -0.25) is 9.59 Å². The van der Waals surface area contributed by atoms with Gasteiger partial charge in [-0.25, -0.2) is 4.79 Å². The van der Waals surface area contributed by atoms with Crippen LogP contribution in [0.5, 0.6) is 5.75 Å². The third-order valence-corrected chi connectivity index (χ3v) is 5.57. The van der Waals surface area contributed by atoms with Crippen LogP contribution in [0.1, 0.15) is 78.5 Å². The van der Waals surface area contributed by atoms with Crippen LogP contribution in [0.2, 0.25) is 0 Å². The van der Waals surface area contributed by atoms with E-state index in [0.29, 0.717) is 18.5 Å². The van der Waals surface area contributed by atoms with E-state index in [-0.39, 0.29) is 18.1 Å². The molecule has 0 saturated carbocycles.